The number of halogens is 1. The summed E-state index contributed by atoms with van der Waals surface area (Å²) >= 11 is 0. The molecule has 108 valence electrons. The summed E-state index contributed by atoms with van der Waals surface area (Å²) in [5.74, 6) is -0.124. The van der Waals surface area contributed by atoms with Crippen LogP contribution in [-0.4, -0.2) is 18.7 Å². The van der Waals surface area contributed by atoms with Gasteiger partial charge in [0, 0.05) is 0 Å². The molecule has 4 nitrogen and oxygen atoms in total. The highest BCUT2D eigenvalue weighted by Gasteiger charge is 2.01. The van der Waals surface area contributed by atoms with E-state index in [2.05, 4.69) is 10.5 Å². The minimum absolute atomic E-state index is 0.135. The van der Waals surface area contributed by atoms with Gasteiger partial charge in [-0.15, -0.1) is 0 Å². The predicted octanol–water partition coefficient (Wildman–Crippen LogP) is 2.66. The Morgan fingerprint density at radius 3 is 2.76 bits per heavy atom. The molecule has 5 heteroatoms. The first kappa shape index (κ1) is 14.7. The first-order valence-electron chi connectivity index (χ1n) is 6.40. The molecule has 2 aromatic rings. The molecule has 0 aliphatic rings. The van der Waals surface area contributed by atoms with Crippen molar-refractivity contribution in [3.8, 4) is 5.75 Å². The lowest BCUT2D eigenvalue weighted by Crippen LogP contribution is -2.24. The van der Waals surface area contributed by atoms with Crippen LogP contribution in [0.4, 0.5) is 4.39 Å². The van der Waals surface area contributed by atoms with Gasteiger partial charge in [0.2, 0.25) is 0 Å². The maximum absolute atomic E-state index is 12.9. The van der Waals surface area contributed by atoms with Gasteiger partial charge in [0.25, 0.3) is 5.91 Å². The smallest absolute Gasteiger partial charge is 0.277 e. The average molecular weight is 286 g/mol. The van der Waals surface area contributed by atoms with Gasteiger partial charge >= 0.3 is 0 Å². The summed E-state index contributed by atoms with van der Waals surface area (Å²) in [7, 11) is 0. The summed E-state index contributed by atoms with van der Waals surface area (Å²) in [5.41, 5.74) is 4.00. The SMILES string of the molecule is Cc1ccc(OCC(=O)NN=Cc2cccc(F)c2)cc1. The largest absolute Gasteiger partial charge is 0.484 e. The van der Waals surface area contributed by atoms with Crippen LogP contribution in [0.15, 0.2) is 53.6 Å². The molecule has 2 rings (SSSR count). The molecule has 0 fully saturated rings. The van der Waals surface area contributed by atoms with Gasteiger partial charge in [-0.3, -0.25) is 4.79 Å². The minimum Gasteiger partial charge on any atom is -0.484 e. The first-order valence-corrected chi connectivity index (χ1v) is 6.40. The Morgan fingerprint density at radius 1 is 1.29 bits per heavy atom. The number of carbonyl (C=O) groups excluding carboxylic acids is 1. The zero-order chi connectivity index (χ0) is 15.1. The van der Waals surface area contributed by atoms with E-state index in [9.17, 15) is 9.18 Å². The second-order valence-electron chi connectivity index (χ2n) is 4.45. The fraction of sp³-hybridized carbons (Fsp3) is 0.125. The molecule has 0 aliphatic carbocycles. The van der Waals surface area contributed by atoms with Crippen LogP contribution < -0.4 is 10.2 Å². The molecule has 21 heavy (non-hydrogen) atoms. The van der Waals surface area contributed by atoms with E-state index >= 15 is 0 Å². The molecule has 0 aliphatic heterocycles. The van der Waals surface area contributed by atoms with E-state index in [1.165, 1.54) is 18.3 Å². The van der Waals surface area contributed by atoms with Gasteiger partial charge in [0.1, 0.15) is 11.6 Å². The lowest BCUT2D eigenvalue weighted by atomic mass is 10.2. The number of benzene rings is 2. The van der Waals surface area contributed by atoms with Gasteiger partial charge in [0.15, 0.2) is 6.61 Å². The second-order valence-corrected chi connectivity index (χ2v) is 4.45. The third kappa shape index (κ3) is 5.06. The average Bonchev–Trinajstić information content (AvgIpc) is 2.47. The summed E-state index contributed by atoms with van der Waals surface area (Å²) in [6.07, 6.45) is 1.37. The zero-order valence-corrected chi connectivity index (χ0v) is 11.5. The number of hydrogen-bond acceptors (Lipinski definition) is 3. The quantitative estimate of drug-likeness (QED) is 0.678. The van der Waals surface area contributed by atoms with Crippen molar-refractivity contribution in [3.05, 3.63) is 65.5 Å². The van der Waals surface area contributed by atoms with Crippen molar-refractivity contribution < 1.29 is 13.9 Å². The van der Waals surface area contributed by atoms with Crippen LogP contribution >= 0.6 is 0 Å². The van der Waals surface area contributed by atoms with E-state index in [-0.39, 0.29) is 18.3 Å². The fourth-order valence-corrected chi connectivity index (χ4v) is 1.58. The predicted molar refractivity (Wildman–Crippen MR) is 78.8 cm³/mol. The number of nitrogens with zero attached hydrogens (tertiary/aromatic N) is 1. The van der Waals surface area contributed by atoms with Crippen molar-refractivity contribution in [1.29, 1.82) is 0 Å². The molecule has 2 aromatic carbocycles. The van der Waals surface area contributed by atoms with E-state index in [0.717, 1.165) is 5.56 Å². The van der Waals surface area contributed by atoms with E-state index in [1.807, 2.05) is 19.1 Å². The van der Waals surface area contributed by atoms with Crippen LogP contribution in [0.5, 0.6) is 5.75 Å². The van der Waals surface area contributed by atoms with E-state index in [4.69, 9.17) is 4.74 Å². The third-order valence-electron chi connectivity index (χ3n) is 2.64. The van der Waals surface area contributed by atoms with Crippen LogP contribution in [0, 0.1) is 12.7 Å². The Morgan fingerprint density at radius 2 is 2.05 bits per heavy atom. The van der Waals surface area contributed by atoms with Crippen LogP contribution in [0.25, 0.3) is 0 Å². The van der Waals surface area contributed by atoms with Gasteiger partial charge in [-0.2, -0.15) is 5.10 Å². The summed E-state index contributed by atoms with van der Waals surface area (Å²) in [5, 5.41) is 3.74. The van der Waals surface area contributed by atoms with Gasteiger partial charge in [0.05, 0.1) is 6.21 Å². The summed E-state index contributed by atoms with van der Waals surface area (Å²) in [6, 6.07) is 13.3. The van der Waals surface area contributed by atoms with Crippen LogP contribution in [0.3, 0.4) is 0 Å². The topological polar surface area (TPSA) is 50.7 Å². The molecule has 0 unspecified atom stereocenters. The number of nitrogens with one attached hydrogen (secondary N) is 1. The number of rotatable bonds is 5. The van der Waals surface area contributed by atoms with E-state index in [0.29, 0.717) is 11.3 Å². The number of hydrazone groups is 1. The molecule has 0 saturated heterocycles. The number of hydrogen-bond donors (Lipinski definition) is 1. The summed E-state index contributed by atoms with van der Waals surface area (Å²) in [4.78, 5) is 11.5. The van der Waals surface area contributed by atoms with Gasteiger partial charge in [-0.1, -0.05) is 29.8 Å². The lowest BCUT2D eigenvalue weighted by Gasteiger charge is -2.04. The second kappa shape index (κ2) is 7.19. The Balaban J connectivity index is 1.78. The van der Waals surface area contributed by atoms with Crippen LogP contribution in [0.1, 0.15) is 11.1 Å². The Kier molecular flexibility index (Phi) is 5.04. The Hall–Kier alpha value is -2.69. The van der Waals surface area contributed by atoms with Crippen LogP contribution in [0.2, 0.25) is 0 Å². The molecule has 0 saturated carbocycles. The van der Waals surface area contributed by atoms with Gasteiger partial charge in [-0.25, -0.2) is 9.82 Å². The van der Waals surface area contributed by atoms with Crippen molar-refractivity contribution in [2.24, 2.45) is 5.10 Å². The maximum Gasteiger partial charge on any atom is 0.277 e. The lowest BCUT2D eigenvalue weighted by molar-refractivity contribution is -0.123. The molecule has 1 N–H and O–H groups in total. The monoisotopic (exact) mass is 286 g/mol. The molecule has 0 heterocycles. The van der Waals surface area contributed by atoms with Crippen molar-refractivity contribution in [3.63, 3.8) is 0 Å². The molecule has 0 aromatic heterocycles. The van der Waals surface area contributed by atoms with Crippen molar-refractivity contribution in [2.75, 3.05) is 6.61 Å². The molecule has 0 radical (unpaired) electrons. The normalized spacial score (nSPS) is 10.6. The number of carbonyl (C=O) groups is 1. The standard InChI is InChI=1S/C16H15FN2O2/c1-12-5-7-15(8-6-12)21-11-16(20)19-18-10-13-3-2-4-14(17)9-13/h2-10H,11H2,1H3,(H,19,20). The van der Waals surface area contributed by atoms with Gasteiger partial charge < -0.3 is 4.74 Å². The van der Waals surface area contributed by atoms with Crippen molar-refractivity contribution >= 4 is 12.1 Å². The highest BCUT2D eigenvalue weighted by molar-refractivity contribution is 5.82. The number of aryl methyl sites for hydroxylation is 1. The summed E-state index contributed by atoms with van der Waals surface area (Å²) in [6.45, 7) is 1.83. The molecular formula is C16H15FN2O2. The van der Waals surface area contributed by atoms with E-state index in [1.54, 1.807) is 24.3 Å². The van der Waals surface area contributed by atoms with Gasteiger partial charge in [-0.05, 0) is 36.8 Å². The summed E-state index contributed by atoms with van der Waals surface area (Å²) < 4.78 is 18.2. The fourth-order valence-electron chi connectivity index (χ4n) is 1.58. The van der Waals surface area contributed by atoms with Crippen LogP contribution in [-0.2, 0) is 4.79 Å². The zero-order valence-electron chi connectivity index (χ0n) is 11.5. The number of ether oxygens (including phenoxy) is 1. The highest BCUT2D eigenvalue weighted by atomic mass is 19.1. The Labute approximate surface area is 122 Å². The van der Waals surface area contributed by atoms with Crippen molar-refractivity contribution in [2.45, 2.75) is 6.92 Å². The van der Waals surface area contributed by atoms with E-state index < -0.39 is 0 Å². The molecule has 1 amide bonds. The molecular weight excluding hydrogens is 271 g/mol. The Bertz CT molecular complexity index is 639. The molecule has 0 bridgehead atoms. The van der Waals surface area contributed by atoms with Crippen molar-refractivity contribution in [1.82, 2.24) is 5.43 Å². The molecule has 0 atom stereocenters. The number of amides is 1. The third-order valence-corrected chi connectivity index (χ3v) is 2.64. The highest BCUT2D eigenvalue weighted by Crippen LogP contribution is 2.10. The minimum atomic E-state index is -0.386. The molecule has 0 spiro atoms. The maximum atomic E-state index is 12.9. The first-order chi connectivity index (χ1) is 10.1.